The third-order valence-corrected chi connectivity index (χ3v) is 4.52. The van der Waals surface area contributed by atoms with Gasteiger partial charge in [-0.25, -0.2) is 4.39 Å². The molecule has 0 aliphatic heterocycles. The molecule has 1 aliphatic rings. The molecule has 0 saturated heterocycles. The second-order valence-corrected chi connectivity index (χ2v) is 5.41. The molecule has 1 atom stereocenters. The van der Waals surface area contributed by atoms with Gasteiger partial charge in [-0.1, -0.05) is 31.9 Å². The average Bonchev–Trinajstić information content (AvgIpc) is 2.81. The molecule has 0 radical (unpaired) electrons. The number of rotatable bonds is 3. The number of nitrogens with two attached hydrogens (primary N) is 1. The van der Waals surface area contributed by atoms with E-state index in [0.29, 0.717) is 5.56 Å². The lowest BCUT2D eigenvalue weighted by Crippen LogP contribution is -2.31. The van der Waals surface area contributed by atoms with Crippen LogP contribution in [0.4, 0.5) is 4.39 Å². The van der Waals surface area contributed by atoms with Crippen molar-refractivity contribution in [3.05, 3.63) is 35.1 Å². The van der Waals surface area contributed by atoms with E-state index in [-0.39, 0.29) is 17.3 Å². The fourth-order valence-corrected chi connectivity index (χ4v) is 3.12. The molecule has 0 amide bonds. The Kier molecular flexibility index (Phi) is 3.53. The van der Waals surface area contributed by atoms with Crippen molar-refractivity contribution in [2.75, 3.05) is 0 Å². The van der Waals surface area contributed by atoms with Crippen LogP contribution in [-0.2, 0) is 0 Å². The summed E-state index contributed by atoms with van der Waals surface area (Å²) in [5, 5.41) is 0. The van der Waals surface area contributed by atoms with Gasteiger partial charge in [-0.2, -0.15) is 0 Å². The van der Waals surface area contributed by atoms with Crippen molar-refractivity contribution >= 4 is 0 Å². The van der Waals surface area contributed by atoms with Crippen LogP contribution in [0.15, 0.2) is 18.2 Å². The Morgan fingerprint density at radius 2 is 2.00 bits per heavy atom. The van der Waals surface area contributed by atoms with Crippen LogP contribution in [0.25, 0.3) is 0 Å². The smallest absolute Gasteiger partial charge is 0.126 e. The molecular formula is C15H22FN. The van der Waals surface area contributed by atoms with Gasteiger partial charge >= 0.3 is 0 Å². The van der Waals surface area contributed by atoms with Crippen molar-refractivity contribution < 1.29 is 4.39 Å². The topological polar surface area (TPSA) is 26.0 Å². The van der Waals surface area contributed by atoms with E-state index in [2.05, 4.69) is 6.92 Å². The highest BCUT2D eigenvalue weighted by Crippen LogP contribution is 2.48. The van der Waals surface area contributed by atoms with E-state index in [4.69, 9.17) is 5.73 Å². The molecule has 1 fully saturated rings. The molecular weight excluding hydrogens is 213 g/mol. The molecule has 2 N–H and O–H groups in total. The van der Waals surface area contributed by atoms with Crippen LogP contribution >= 0.6 is 0 Å². The summed E-state index contributed by atoms with van der Waals surface area (Å²) < 4.78 is 13.6. The number of benzene rings is 1. The molecule has 1 nitrogen and oxygen atoms in total. The van der Waals surface area contributed by atoms with Crippen molar-refractivity contribution in [3.63, 3.8) is 0 Å². The molecule has 0 bridgehead atoms. The number of hydrogen-bond donors (Lipinski definition) is 1. The minimum atomic E-state index is -0.137. The first kappa shape index (κ1) is 12.6. The largest absolute Gasteiger partial charge is 0.323 e. The molecule has 1 unspecified atom stereocenters. The molecule has 0 aromatic heterocycles. The summed E-state index contributed by atoms with van der Waals surface area (Å²) in [6.07, 6.45) is 5.97. The maximum absolute atomic E-state index is 13.6. The lowest BCUT2D eigenvalue weighted by atomic mass is 9.74. The van der Waals surface area contributed by atoms with E-state index < -0.39 is 0 Å². The van der Waals surface area contributed by atoms with Crippen molar-refractivity contribution in [3.8, 4) is 0 Å². The summed E-state index contributed by atoms with van der Waals surface area (Å²) in [4.78, 5) is 0. The van der Waals surface area contributed by atoms with E-state index in [1.54, 1.807) is 13.0 Å². The van der Waals surface area contributed by atoms with Gasteiger partial charge in [0.25, 0.3) is 0 Å². The fourth-order valence-electron chi connectivity index (χ4n) is 3.12. The zero-order valence-corrected chi connectivity index (χ0v) is 10.8. The quantitative estimate of drug-likeness (QED) is 0.838. The summed E-state index contributed by atoms with van der Waals surface area (Å²) in [5.41, 5.74) is 8.24. The van der Waals surface area contributed by atoms with Crippen LogP contribution < -0.4 is 5.73 Å². The van der Waals surface area contributed by atoms with E-state index >= 15 is 0 Å². The molecule has 1 aromatic rings. The van der Waals surface area contributed by atoms with Gasteiger partial charge in [-0.3, -0.25) is 0 Å². The van der Waals surface area contributed by atoms with Crippen molar-refractivity contribution in [2.24, 2.45) is 11.1 Å². The zero-order chi connectivity index (χ0) is 12.5. The zero-order valence-electron chi connectivity index (χ0n) is 10.8. The number of hydrogen-bond acceptors (Lipinski definition) is 1. The number of aryl methyl sites for hydroxylation is 1. The van der Waals surface area contributed by atoms with Gasteiger partial charge in [0.2, 0.25) is 0 Å². The average molecular weight is 235 g/mol. The fraction of sp³-hybridized carbons (Fsp3) is 0.600. The minimum absolute atomic E-state index is 0.0231. The predicted molar refractivity (Wildman–Crippen MR) is 69.3 cm³/mol. The highest BCUT2D eigenvalue weighted by molar-refractivity contribution is 5.27. The van der Waals surface area contributed by atoms with E-state index in [1.165, 1.54) is 25.7 Å². The molecule has 2 heteroatoms. The van der Waals surface area contributed by atoms with Crippen LogP contribution in [0.5, 0.6) is 0 Å². The standard InChI is InChI=1S/C15H22FN/c1-3-15(8-4-5-9-15)14(17)12-7-6-11(2)13(16)10-12/h6-7,10,14H,3-5,8-9,17H2,1-2H3. The molecule has 1 aliphatic carbocycles. The SMILES string of the molecule is CCC1(C(N)c2ccc(C)c(F)c2)CCCC1. The third-order valence-electron chi connectivity index (χ3n) is 4.52. The van der Waals surface area contributed by atoms with Gasteiger partial charge in [0.1, 0.15) is 5.82 Å². The Morgan fingerprint density at radius 1 is 1.35 bits per heavy atom. The van der Waals surface area contributed by atoms with Crippen molar-refractivity contribution in [1.29, 1.82) is 0 Å². The van der Waals surface area contributed by atoms with Gasteiger partial charge in [0.05, 0.1) is 0 Å². The molecule has 94 valence electrons. The maximum Gasteiger partial charge on any atom is 0.126 e. The molecule has 2 rings (SSSR count). The Bertz CT molecular complexity index is 394. The molecule has 0 spiro atoms. The van der Waals surface area contributed by atoms with Crippen LogP contribution in [0.2, 0.25) is 0 Å². The van der Waals surface area contributed by atoms with Crippen LogP contribution in [-0.4, -0.2) is 0 Å². The first-order valence-corrected chi connectivity index (χ1v) is 6.61. The van der Waals surface area contributed by atoms with Crippen molar-refractivity contribution in [2.45, 2.75) is 52.0 Å². The van der Waals surface area contributed by atoms with Gasteiger partial charge in [-0.05, 0) is 48.8 Å². The lowest BCUT2D eigenvalue weighted by Gasteiger charge is -2.34. The highest BCUT2D eigenvalue weighted by atomic mass is 19.1. The Hall–Kier alpha value is -0.890. The molecule has 1 aromatic carbocycles. The van der Waals surface area contributed by atoms with Crippen LogP contribution in [0.1, 0.15) is 56.2 Å². The van der Waals surface area contributed by atoms with Crippen LogP contribution in [0.3, 0.4) is 0 Å². The van der Waals surface area contributed by atoms with E-state index in [0.717, 1.165) is 12.0 Å². The first-order chi connectivity index (χ1) is 8.09. The second kappa shape index (κ2) is 4.77. The lowest BCUT2D eigenvalue weighted by molar-refractivity contribution is 0.222. The highest BCUT2D eigenvalue weighted by Gasteiger charge is 2.38. The summed E-state index contributed by atoms with van der Waals surface area (Å²) in [6, 6.07) is 5.42. The van der Waals surface area contributed by atoms with Gasteiger partial charge in [0, 0.05) is 6.04 Å². The van der Waals surface area contributed by atoms with Gasteiger partial charge < -0.3 is 5.73 Å². The van der Waals surface area contributed by atoms with Gasteiger partial charge in [-0.15, -0.1) is 0 Å². The van der Waals surface area contributed by atoms with E-state index in [1.807, 2.05) is 12.1 Å². The maximum atomic E-state index is 13.6. The second-order valence-electron chi connectivity index (χ2n) is 5.41. The molecule has 17 heavy (non-hydrogen) atoms. The predicted octanol–water partition coefficient (Wildman–Crippen LogP) is 4.10. The Labute approximate surface area is 103 Å². The summed E-state index contributed by atoms with van der Waals surface area (Å²) in [7, 11) is 0. The molecule has 0 heterocycles. The van der Waals surface area contributed by atoms with Crippen LogP contribution in [0, 0.1) is 18.2 Å². The normalized spacial score (nSPS) is 20.5. The Morgan fingerprint density at radius 3 is 2.53 bits per heavy atom. The summed E-state index contributed by atoms with van der Waals surface area (Å²) in [5.74, 6) is -0.137. The summed E-state index contributed by atoms with van der Waals surface area (Å²) >= 11 is 0. The van der Waals surface area contributed by atoms with E-state index in [9.17, 15) is 4.39 Å². The monoisotopic (exact) mass is 235 g/mol. The molecule has 1 saturated carbocycles. The Balaban J connectivity index is 2.29. The summed E-state index contributed by atoms with van der Waals surface area (Å²) in [6.45, 7) is 3.99. The van der Waals surface area contributed by atoms with Gasteiger partial charge in [0.15, 0.2) is 0 Å². The number of halogens is 1. The first-order valence-electron chi connectivity index (χ1n) is 6.61. The van der Waals surface area contributed by atoms with Crippen molar-refractivity contribution in [1.82, 2.24) is 0 Å². The minimum Gasteiger partial charge on any atom is -0.323 e. The third kappa shape index (κ3) is 2.23.